The molecule has 7 heteroatoms. The van der Waals surface area contributed by atoms with E-state index in [1.54, 1.807) is 19.4 Å². The largest absolute Gasteiger partial charge is 0.493 e. The second kappa shape index (κ2) is 9.75. The van der Waals surface area contributed by atoms with Crippen molar-refractivity contribution >= 4 is 23.5 Å². The number of pyridine rings is 1. The van der Waals surface area contributed by atoms with Crippen LogP contribution in [0, 0.1) is 0 Å². The lowest BCUT2D eigenvalue weighted by molar-refractivity contribution is -0.118. The SMILES string of the molecule is C/C=C\c1ccc(OCC(=O)Nc2ccc(N3CCOCC3)nc2)c(OC)c1. The number of rotatable bonds is 7. The van der Waals surface area contributed by atoms with E-state index >= 15 is 0 Å². The molecule has 1 saturated heterocycles. The van der Waals surface area contributed by atoms with E-state index in [-0.39, 0.29) is 12.5 Å². The molecule has 0 unspecified atom stereocenters. The first-order chi connectivity index (χ1) is 13.7. The molecule has 0 atom stereocenters. The molecule has 1 N–H and O–H groups in total. The minimum atomic E-state index is -0.263. The van der Waals surface area contributed by atoms with E-state index in [0.717, 1.165) is 24.5 Å². The van der Waals surface area contributed by atoms with E-state index in [1.807, 2.05) is 43.3 Å². The van der Waals surface area contributed by atoms with Crippen molar-refractivity contribution < 1.29 is 19.0 Å². The molecule has 0 aliphatic carbocycles. The predicted octanol–water partition coefficient (Wildman–Crippen LogP) is 2.98. The standard InChI is InChI=1S/C21H25N3O4/c1-3-4-16-5-7-18(19(13-16)26-2)28-15-21(25)23-17-6-8-20(22-14-17)24-9-11-27-12-10-24/h3-8,13-14H,9-12,15H2,1-2H3,(H,23,25)/b4-3-. The van der Waals surface area contributed by atoms with Crippen molar-refractivity contribution in [3.05, 3.63) is 48.2 Å². The number of morpholine rings is 1. The van der Waals surface area contributed by atoms with Crippen LogP contribution < -0.4 is 19.7 Å². The lowest BCUT2D eigenvalue weighted by Gasteiger charge is -2.27. The molecule has 7 nitrogen and oxygen atoms in total. The van der Waals surface area contributed by atoms with Gasteiger partial charge in [-0.25, -0.2) is 4.98 Å². The van der Waals surface area contributed by atoms with E-state index in [4.69, 9.17) is 14.2 Å². The van der Waals surface area contributed by atoms with Crippen LogP contribution in [0.15, 0.2) is 42.6 Å². The highest BCUT2D eigenvalue weighted by atomic mass is 16.5. The van der Waals surface area contributed by atoms with Gasteiger partial charge in [-0.2, -0.15) is 0 Å². The second-order valence-electron chi connectivity index (χ2n) is 6.25. The number of benzene rings is 1. The average Bonchev–Trinajstić information content (AvgIpc) is 2.74. The van der Waals surface area contributed by atoms with Crippen LogP contribution in [0.5, 0.6) is 11.5 Å². The van der Waals surface area contributed by atoms with Crippen LogP contribution in [0.2, 0.25) is 0 Å². The number of anilines is 2. The summed E-state index contributed by atoms with van der Waals surface area (Å²) in [6.07, 6.45) is 5.56. The monoisotopic (exact) mass is 383 g/mol. The van der Waals surface area contributed by atoms with Crippen LogP contribution in [-0.4, -0.2) is 50.9 Å². The van der Waals surface area contributed by atoms with Crippen LogP contribution in [0.25, 0.3) is 6.08 Å². The average molecular weight is 383 g/mol. The van der Waals surface area contributed by atoms with Gasteiger partial charge in [0, 0.05) is 13.1 Å². The van der Waals surface area contributed by atoms with Gasteiger partial charge in [0.1, 0.15) is 5.82 Å². The molecule has 28 heavy (non-hydrogen) atoms. The van der Waals surface area contributed by atoms with Gasteiger partial charge in [0.2, 0.25) is 0 Å². The zero-order valence-electron chi connectivity index (χ0n) is 16.2. The Morgan fingerprint density at radius 3 is 2.75 bits per heavy atom. The molecular weight excluding hydrogens is 358 g/mol. The van der Waals surface area contributed by atoms with E-state index in [1.165, 1.54) is 0 Å². The minimum absolute atomic E-state index is 0.120. The Labute approximate surface area is 164 Å². The van der Waals surface area contributed by atoms with Gasteiger partial charge in [0.15, 0.2) is 18.1 Å². The maximum atomic E-state index is 12.2. The van der Waals surface area contributed by atoms with Gasteiger partial charge in [-0.15, -0.1) is 0 Å². The third kappa shape index (κ3) is 5.23. The summed E-state index contributed by atoms with van der Waals surface area (Å²) < 4.78 is 16.3. The molecule has 1 amide bonds. The fourth-order valence-corrected chi connectivity index (χ4v) is 2.88. The quantitative estimate of drug-likeness (QED) is 0.792. The molecule has 1 aliphatic rings. The number of nitrogens with one attached hydrogen (secondary N) is 1. The molecule has 2 aromatic rings. The smallest absolute Gasteiger partial charge is 0.262 e. The fraction of sp³-hybridized carbons (Fsp3) is 0.333. The first-order valence-electron chi connectivity index (χ1n) is 9.21. The highest BCUT2D eigenvalue weighted by Crippen LogP contribution is 2.28. The lowest BCUT2D eigenvalue weighted by atomic mass is 10.2. The molecular formula is C21H25N3O4. The Kier molecular flexibility index (Phi) is 6.86. The number of methoxy groups -OCH3 is 1. The molecule has 1 fully saturated rings. The van der Waals surface area contributed by atoms with Crippen molar-refractivity contribution in [2.75, 3.05) is 50.2 Å². The number of hydrogen-bond donors (Lipinski definition) is 1. The first-order valence-corrected chi connectivity index (χ1v) is 9.21. The van der Waals surface area contributed by atoms with Crippen LogP contribution in [0.3, 0.4) is 0 Å². The topological polar surface area (TPSA) is 72.9 Å². The fourth-order valence-electron chi connectivity index (χ4n) is 2.88. The van der Waals surface area contributed by atoms with Gasteiger partial charge in [-0.1, -0.05) is 18.2 Å². The van der Waals surface area contributed by atoms with Crippen molar-refractivity contribution in [2.24, 2.45) is 0 Å². The second-order valence-corrected chi connectivity index (χ2v) is 6.25. The van der Waals surface area contributed by atoms with Crippen LogP contribution >= 0.6 is 0 Å². The number of amides is 1. The van der Waals surface area contributed by atoms with Crippen molar-refractivity contribution in [3.8, 4) is 11.5 Å². The molecule has 1 aliphatic heterocycles. The predicted molar refractivity (Wildman–Crippen MR) is 109 cm³/mol. The summed E-state index contributed by atoms with van der Waals surface area (Å²) in [5.74, 6) is 1.72. The Balaban J connectivity index is 1.54. The molecule has 2 heterocycles. The van der Waals surface area contributed by atoms with Gasteiger partial charge in [0.05, 0.1) is 32.2 Å². The molecule has 1 aromatic carbocycles. The number of nitrogens with zero attached hydrogens (tertiary/aromatic N) is 2. The first kappa shape index (κ1) is 19.7. The molecule has 0 spiro atoms. The van der Waals surface area contributed by atoms with Gasteiger partial charge in [-0.3, -0.25) is 4.79 Å². The molecule has 0 saturated carbocycles. The number of carbonyl (C=O) groups is 1. The molecule has 3 rings (SSSR count). The molecule has 148 valence electrons. The summed E-state index contributed by atoms with van der Waals surface area (Å²) in [6, 6.07) is 9.29. The zero-order chi connectivity index (χ0) is 19.8. The highest BCUT2D eigenvalue weighted by molar-refractivity contribution is 5.91. The number of hydrogen-bond acceptors (Lipinski definition) is 6. The summed E-state index contributed by atoms with van der Waals surface area (Å²) in [5.41, 5.74) is 1.63. The maximum absolute atomic E-state index is 12.2. The molecule has 0 radical (unpaired) electrons. The van der Waals surface area contributed by atoms with Gasteiger partial charge in [-0.05, 0) is 36.8 Å². The van der Waals surface area contributed by atoms with E-state index in [0.29, 0.717) is 30.4 Å². The van der Waals surface area contributed by atoms with Crippen molar-refractivity contribution in [1.29, 1.82) is 0 Å². The summed E-state index contributed by atoms with van der Waals surface area (Å²) in [7, 11) is 1.57. The Morgan fingerprint density at radius 2 is 2.07 bits per heavy atom. The van der Waals surface area contributed by atoms with E-state index in [2.05, 4.69) is 15.2 Å². The van der Waals surface area contributed by atoms with Gasteiger partial charge < -0.3 is 24.4 Å². The Bertz CT molecular complexity index is 815. The van der Waals surface area contributed by atoms with Crippen molar-refractivity contribution in [2.45, 2.75) is 6.92 Å². The van der Waals surface area contributed by atoms with E-state index < -0.39 is 0 Å². The highest BCUT2D eigenvalue weighted by Gasteiger charge is 2.13. The number of carbonyl (C=O) groups excluding carboxylic acids is 1. The van der Waals surface area contributed by atoms with Gasteiger partial charge in [0.25, 0.3) is 5.91 Å². The normalized spacial score (nSPS) is 14.1. The third-order valence-corrected chi connectivity index (χ3v) is 4.27. The Hall–Kier alpha value is -3.06. The van der Waals surface area contributed by atoms with Crippen molar-refractivity contribution in [3.63, 3.8) is 0 Å². The van der Waals surface area contributed by atoms with Crippen LogP contribution in [0.1, 0.15) is 12.5 Å². The maximum Gasteiger partial charge on any atom is 0.262 e. The number of ether oxygens (including phenoxy) is 3. The van der Waals surface area contributed by atoms with E-state index in [9.17, 15) is 4.79 Å². The lowest BCUT2D eigenvalue weighted by Crippen LogP contribution is -2.36. The third-order valence-electron chi connectivity index (χ3n) is 4.27. The number of aromatic nitrogens is 1. The van der Waals surface area contributed by atoms with Crippen LogP contribution in [-0.2, 0) is 9.53 Å². The summed E-state index contributed by atoms with van der Waals surface area (Å²) in [6.45, 7) is 4.88. The van der Waals surface area contributed by atoms with Crippen LogP contribution in [0.4, 0.5) is 11.5 Å². The molecule has 1 aromatic heterocycles. The minimum Gasteiger partial charge on any atom is -0.493 e. The zero-order valence-corrected chi connectivity index (χ0v) is 16.2. The summed E-state index contributed by atoms with van der Waals surface area (Å²) in [5, 5.41) is 2.79. The number of allylic oxidation sites excluding steroid dienone is 1. The summed E-state index contributed by atoms with van der Waals surface area (Å²) in [4.78, 5) is 18.8. The summed E-state index contributed by atoms with van der Waals surface area (Å²) >= 11 is 0. The molecule has 0 bridgehead atoms. The van der Waals surface area contributed by atoms with Crippen molar-refractivity contribution in [1.82, 2.24) is 4.98 Å². The van der Waals surface area contributed by atoms with Gasteiger partial charge >= 0.3 is 0 Å². The Morgan fingerprint density at radius 1 is 1.25 bits per heavy atom.